The summed E-state index contributed by atoms with van der Waals surface area (Å²) in [5.74, 6) is -1.81. The number of rotatable bonds is 4. The second-order valence-electron chi connectivity index (χ2n) is 8.80. The number of nitrogens with zero attached hydrogens (tertiary/aromatic N) is 3. The highest BCUT2D eigenvalue weighted by Gasteiger charge is 2.38. The van der Waals surface area contributed by atoms with E-state index in [1.165, 1.54) is 24.6 Å². The van der Waals surface area contributed by atoms with Crippen LogP contribution in [0.15, 0.2) is 29.3 Å². The molecule has 6 nitrogen and oxygen atoms in total. The summed E-state index contributed by atoms with van der Waals surface area (Å²) in [4.78, 5) is 21.1. The Bertz CT molecular complexity index is 934. The van der Waals surface area contributed by atoms with E-state index in [-0.39, 0.29) is 0 Å². The molecule has 4 rings (SSSR count). The highest BCUT2D eigenvalue weighted by atomic mass is 32.2. The molecule has 10 heteroatoms. The number of para-hydroxylation sites is 1. The quantitative estimate of drug-likeness (QED) is 0.644. The van der Waals surface area contributed by atoms with Gasteiger partial charge < -0.3 is 9.84 Å². The third-order valence-electron chi connectivity index (χ3n) is 5.53. The highest BCUT2D eigenvalue weighted by Crippen LogP contribution is 2.45. The van der Waals surface area contributed by atoms with Gasteiger partial charge in [-0.3, -0.25) is 4.90 Å². The fourth-order valence-electron chi connectivity index (χ4n) is 3.84. The minimum Gasteiger partial charge on any atom is -0.475 e. The number of thioether (sulfide) groups is 1. The lowest BCUT2D eigenvalue weighted by atomic mass is 9.92. The molecule has 176 valence electrons. The Morgan fingerprint density at radius 1 is 1.25 bits per heavy atom. The third kappa shape index (κ3) is 7.05. The van der Waals surface area contributed by atoms with Crippen LogP contribution < -0.4 is 0 Å². The number of ether oxygens (including phenoxy) is 1. The van der Waals surface area contributed by atoms with Gasteiger partial charge in [0, 0.05) is 23.7 Å². The molecule has 0 bridgehead atoms. The van der Waals surface area contributed by atoms with Crippen molar-refractivity contribution in [1.29, 1.82) is 0 Å². The largest absolute Gasteiger partial charge is 0.490 e. The van der Waals surface area contributed by atoms with Crippen LogP contribution in [0.5, 0.6) is 0 Å². The number of morpholine rings is 1. The van der Waals surface area contributed by atoms with E-state index >= 15 is 0 Å². The zero-order chi connectivity index (χ0) is 23.4. The number of halogens is 3. The summed E-state index contributed by atoms with van der Waals surface area (Å²) in [5.41, 5.74) is 1.54. The van der Waals surface area contributed by atoms with Gasteiger partial charge in [-0.1, -0.05) is 32.0 Å². The smallest absolute Gasteiger partial charge is 0.475 e. The second kappa shape index (κ2) is 10.4. The van der Waals surface area contributed by atoms with Gasteiger partial charge in [0.1, 0.15) is 10.9 Å². The number of alkyl halides is 3. The lowest BCUT2D eigenvalue weighted by Gasteiger charge is -2.26. The minimum absolute atomic E-state index is 0.469. The van der Waals surface area contributed by atoms with Crippen LogP contribution in [0.2, 0.25) is 0 Å². The van der Waals surface area contributed by atoms with Crippen LogP contribution >= 0.6 is 11.8 Å². The van der Waals surface area contributed by atoms with E-state index in [4.69, 9.17) is 24.6 Å². The Labute approximate surface area is 189 Å². The van der Waals surface area contributed by atoms with E-state index in [9.17, 15) is 13.2 Å². The van der Waals surface area contributed by atoms with Crippen molar-refractivity contribution >= 4 is 28.6 Å². The average Bonchev–Trinajstić information content (AvgIpc) is 3.07. The van der Waals surface area contributed by atoms with Crippen LogP contribution in [0.1, 0.15) is 38.9 Å². The molecule has 1 saturated carbocycles. The van der Waals surface area contributed by atoms with Crippen molar-refractivity contribution in [3.8, 4) is 0 Å². The summed E-state index contributed by atoms with van der Waals surface area (Å²) < 4.78 is 37.2. The molecule has 2 aliphatic rings. The van der Waals surface area contributed by atoms with Crippen molar-refractivity contribution in [3.63, 3.8) is 0 Å². The first-order valence-electron chi connectivity index (χ1n) is 10.6. The molecule has 0 spiro atoms. The van der Waals surface area contributed by atoms with Crippen molar-refractivity contribution in [2.75, 3.05) is 26.3 Å². The van der Waals surface area contributed by atoms with Gasteiger partial charge in [-0.25, -0.2) is 14.8 Å². The van der Waals surface area contributed by atoms with Gasteiger partial charge in [-0.2, -0.15) is 13.2 Å². The molecule has 32 heavy (non-hydrogen) atoms. The van der Waals surface area contributed by atoms with Crippen LogP contribution in [0.4, 0.5) is 13.2 Å². The highest BCUT2D eigenvalue weighted by molar-refractivity contribution is 8.00. The first-order valence-corrected chi connectivity index (χ1v) is 11.4. The monoisotopic (exact) mass is 471 g/mol. The number of fused-ring (bicyclic) bond motifs is 1. The first-order chi connectivity index (χ1) is 15.0. The van der Waals surface area contributed by atoms with Crippen molar-refractivity contribution in [2.24, 2.45) is 5.41 Å². The minimum atomic E-state index is -5.08. The molecule has 2 aromatic rings. The average molecular weight is 472 g/mol. The molecule has 2 fully saturated rings. The number of carboxylic acids is 1. The van der Waals surface area contributed by atoms with Gasteiger partial charge >= 0.3 is 12.1 Å². The Morgan fingerprint density at radius 3 is 2.50 bits per heavy atom. The van der Waals surface area contributed by atoms with E-state index in [0.717, 1.165) is 49.2 Å². The standard InChI is InChI=1S/C20H27N3OS.C2HF3O2/c1-20(2)8-7-15(13-20)25-19-16-5-3-4-6-17(16)21-18(22-19)14-23-9-11-24-12-10-23;3-2(4,5)1(6)7/h3-6,15H,7-14H2,1-2H3;(H,6,7). The maximum atomic E-state index is 10.6. The molecule has 1 aliphatic carbocycles. The van der Waals surface area contributed by atoms with E-state index in [1.807, 2.05) is 11.8 Å². The van der Waals surface area contributed by atoms with Crippen molar-refractivity contribution < 1.29 is 27.8 Å². The van der Waals surface area contributed by atoms with E-state index in [1.54, 1.807) is 0 Å². The number of hydrogen-bond donors (Lipinski definition) is 1. The van der Waals surface area contributed by atoms with E-state index < -0.39 is 12.1 Å². The zero-order valence-corrected chi connectivity index (χ0v) is 19.0. The number of benzene rings is 1. The Morgan fingerprint density at radius 2 is 1.91 bits per heavy atom. The fourth-order valence-corrected chi connectivity index (χ4v) is 5.39. The molecule has 1 unspecified atom stereocenters. The SMILES string of the molecule is CC1(C)CCC(Sc2nc(CN3CCOCC3)nc3ccccc23)C1.O=C(O)C(F)(F)F. The van der Waals surface area contributed by atoms with Crippen molar-refractivity contribution in [1.82, 2.24) is 14.9 Å². The molecule has 0 radical (unpaired) electrons. The molecule has 1 aliphatic heterocycles. The number of hydrogen-bond acceptors (Lipinski definition) is 6. The Balaban J connectivity index is 0.000000360. The normalized spacial score (nSPS) is 21.2. The Kier molecular flexibility index (Phi) is 8.00. The van der Waals surface area contributed by atoms with Gasteiger partial charge in [0.25, 0.3) is 0 Å². The third-order valence-corrected chi connectivity index (χ3v) is 6.80. The number of carbonyl (C=O) groups is 1. The predicted octanol–water partition coefficient (Wildman–Crippen LogP) is 4.77. The summed E-state index contributed by atoms with van der Waals surface area (Å²) in [6, 6.07) is 8.44. The molecule has 1 aromatic heterocycles. The van der Waals surface area contributed by atoms with Crippen LogP contribution in [0.3, 0.4) is 0 Å². The molecule has 1 saturated heterocycles. The van der Waals surface area contributed by atoms with Gasteiger partial charge in [-0.05, 0) is 30.7 Å². The molecule has 1 atom stereocenters. The zero-order valence-electron chi connectivity index (χ0n) is 18.2. The summed E-state index contributed by atoms with van der Waals surface area (Å²) >= 11 is 1.96. The Hall–Kier alpha value is -1.91. The maximum absolute atomic E-state index is 10.6. The summed E-state index contributed by atoms with van der Waals surface area (Å²) in [6.45, 7) is 9.15. The van der Waals surface area contributed by atoms with Crippen LogP contribution in [-0.4, -0.2) is 63.7 Å². The van der Waals surface area contributed by atoms with E-state index in [2.05, 4.69) is 43.0 Å². The number of carboxylic acid groups (broad SMARTS) is 1. The number of aliphatic carboxylic acids is 1. The molecular formula is C22H28F3N3O3S. The van der Waals surface area contributed by atoms with Gasteiger partial charge in [-0.15, -0.1) is 11.8 Å². The molecular weight excluding hydrogens is 443 g/mol. The van der Waals surface area contributed by atoms with Gasteiger partial charge in [0.2, 0.25) is 0 Å². The van der Waals surface area contributed by atoms with Crippen molar-refractivity contribution in [2.45, 2.75) is 56.1 Å². The lowest BCUT2D eigenvalue weighted by Crippen LogP contribution is -2.36. The molecule has 1 N–H and O–H groups in total. The lowest BCUT2D eigenvalue weighted by molar-refractivity contribution is -0.192. The summed E-state index contributed by atoms with van der Waals surface area (Å²) in [7, 11) is 0. The van der Waals surface area contributed by atoms with E-state index in [0.29, 0.717) is 10.7 Å². The van der Waals surface area contributed by atoms with Gasteiger partial charge in [0.15, 0.2) is 0 Å². The summed E-state index contributed by atoms with van der Waals surface area (Å²) in [6.07, 6.45) is -1.21. The van der Waals surface area contributed by atoms with Gasteiger partial charge in [0.05, 0.1) is 25.3 Å². The molecule has 0 amide bonds. The number of aromatic nitrogens is 2. The second-order valence-corrected chi connectivity index (χ2v) is 10.1. The van der Waals surface area contributed by atoms with Crippen molar-refractivity contribution in [3.05, 3.63) is 30.1 Å². The first kappa shape index (κ1) is 24.7. The van der Waals surface area contributed by atoms with Crippen LogP contribution in [0.25, 0.3) is 10.9 Å². The molecule has 1 aromatic carbocycles. The predicted molar refractivity (Wildman–Crippen MR) is 117 cm³/mol. The summed E-state index contributed by atoms with van der Waals surface area (Å²) in [5, 5.41) is 10.2. The fraction of sp³-hybridized carbons (Fsp3) is 0.591. The molecule has 2 heterocycles. The topological polar surface area (TPSA) is 75.5 Å². The maximum Gasteiger partial charge on any atom is 0.490 e. The van der Waals surface area contributed by atoms with Crippen LogP contribution in [0, 0.1) is 5.41 Å². The van der Waals surface area contributed by atoms with Crippen LogP contribution in [-0.2, 0) is 16.1 Å².